The fraction of sp³-hybridized carbons (Fsp3) is 0.222. The van der Waals surface area contributed by atoms with Gasteiger partial charge in [-0.15, -0.1) is 0 Å². The number of hydrogen-bond donors (Lipinski definition) is 0. The van der Waals surface area contributed by atoms with Crippen molar-refractivity contribution in [2.45, 2.75) is 26.3 Å². The molecule has 0 unspecified atom stereocenters. The lowest BCUT2D eigenvalue weighted by atomic mass is 10.2. The Hall–Kier alpha value is -2.62. The first-order chi connectivity index (χ1) is 10.8. The van der Waals surface area contributed by atoms with E-state index in [9.17, 15) is 4.79 Å². The van der Waals surface area contributed by atoms with Crippen molar-refractivity contribution in [2.75, 3.05) is 4.90 Å². The highest BCUT2D eigenvalue weighted by atomic mass is 16.2. The number of rotatable bonds is 5. The Morgan fingerprint density at radius 2 is 1.91 bits per heavy atom. The average Bonchev–Trinajstić information content (AvgIpc) is 2.97. The number of nitrogens with zero attached hydrogens (tertiary/aromatic N) is 3. The molecule has 3 aromatic rings. The quantitative estimate of drug-likeness (QED) is 0.720. The monoisotopic (exact) mass is 293 g/mol. The number of anilines is 1. The topological polar surface area (TPSA) is 37.6 Å². The number of carbonyl (C=O) groups is 1. The Bertz CT molecular complexity index is 764. The van der Waals surface area contributed by atoms with E-state index in [1.165, 1.54) is 0 Å². The maximum absolute atomic E-state index is 12.5. The van der Waals surface area contributed by atoms with Gasteiger partial charge in [0.15, 0.2) is 0 Å². The Balaban J connectivity index is 1.94. The van der Waals surface area contributed by atoms with E-state index in [4.69, 9.17) is 0 Å². The summed E-state index contributed by atoms with van der Waals surface area (Å²) in [5, 5.41) is 0. The van der Waals surface area contributed by atoms with Crippen LogP contribution in [0.5, 0.6) is 0 Å². The van der Waals surface area contributed by atoms with E-state index in [1.807, 2.05) is 77.1 Å². The van der Waals surface area contributed by atoms with Gasteiger partial charge in [0.1, 0.15) is 5.65 Å². The standard InChI is InChI=1S/C18H19N3O/c1-2-8-18(22)21(15-9-4-3-5-10-15)14-16-13-19-17-11-6-7-12-20(16)17/h3-7,9-13H,2,8,14H2,1H3. The van der Waals surface area contributed by atoms with Gasteiger partial charge in [0.25, 0.3) is 0 Å². The van der Waals surface area contributed by atoms with Crippen LogP contribution in [0.2, 0.25) is 0 Å². The van der Waals surface area contributed by atoms with Crippen molar-refractivity contribution in [3.8, 4) is 0 Å². The van der Waals surface area contributed by atoms with E-state index >= 15 is 0 Å². The Morgan fingerprint density at radius 1 is 1.14 bits per heavy atom. The summed E-state index contributed by atoms with van der Waals surface area (Å²) in [6.07, 6.45) is 5.20. The zero-order chi connectivity index (χ0) is 15.4. The number of amides is 1. The maximum atomic E-state index is 12.5. The molecule has 112 valence electrons. The van der Waals surface area contributed by atoms with Crippen LogP contribution < -0.4 is 4.90 Å². The van der Waals surface area contributed by atoms with Crippen LogP contribution in [-0.2, 0) is 11.3 Å². The van der Waals surface area contributed by atoms with Crippen LogP contribution in [0.1, 0.15) is 25.5 Å². The summed E-state index contributed by atoms with van der Waals surface area (Å²) in [6.45, 7) is 2.54. The van der Waals surface area contributed by atoms with Gasteiger partial charge in [0.2, 0.25) is 5.91 Å². The minimum Gasteiger partial charge on any atom is -0.306 e. The Labute approximate surface area is 130 Å². The molecular formula is C18H19N3O. The Kier molecular flexibility index (Phi) is 4.19. The van der Waals surface area contributed by atoms with E-state index in [0.717, 1.165) is 23.4 Å². The minimum absolute atomic E-state index is 0.139. The van der Waals surface area contributed by atoms with Gasteiger partial charge in [-0.2, -0.15) is 0 Å². The van der Waals surface area contributed by atoms with Gasteiger partial charge in [-0.1, -0.05) is 31.2 Å². The molecule has 4 nitrogen and oxygen atoms in total. The smallest absolute Gasteiger partial charge is 0.227 e. The summed E-state index contributed by atoms with van der Waals surface area (Å²) in [5.41, 5.74) is 2.82. The molecule has 0 fully saturated rings. The van der Waals surface area contributed by atoms with E-state index in [1.54, 1.807) is 0 Å². The largest absolute Gasteiger partial charge is 0.306 e. The number of pyridine rings is 1. The molecule has 2 heterocycles. The van der Waals surface area contributed by atoms with E-state index < -0.39 is 0 Å². The molecule has 0 spiro atoms. The molecule has 0 N–H and O–H groups in total. The van der Waals surface area contributed by atoms with Crippen LogP contribution in [0.15, 0.2) is 60.9 Å². The Morgan fingerprint density at radius 3 is 2.68 bits per heavy atom. The molecule has 1 amide bonds. The molecular weight excluding hydrogens is 274 g/mol. The zero-order valence-electron chi connectivity index (χ0n) is 12.6. The van der Waals surface area contributed by atoms with Crippen LogP contribution in [-0.4, -0.2) is 15.3 Å². The van der Waals surface area contributed by atoms with Gasteiger partial charge in [-0.25, -0.2) is 4.98 Å². The summed E-state index contributed by atoms with van der Waals surface area (Å²) in [6, 6.07) is 15.7. The average molecular weight is 293 g/mol. The first-order valence-electron chi connectivity index (χ1n) is 7.56. The van der Waals surface area contributed by atoms with Crippen LogP contribution in [0.25, 0.3) is 5.65 Å². The second kappa shape index (κ2) is 6.43. The fourth-order valence-corrected chi connectivity index (χ4v) is 2.54. The summed E-state index contributed by atoms with van der Waals surface area (Å²) >= 11 is 0. The second-order valence-electron chi connectivity index (χ2n) is 5.24. The van der Waals surface area contributed by atoms with Crippen molar-refractivity contribution in [1.29, 1.82) is 0 Å². The fourth-order valence-electron chi connectivity index (χ4n) is 2.54. The number of fused-ring (bicyclic) bond motifs is 1. The van der Waals surface area contributed by atoms with E-state index in [2.05, 4.69) is 4.98 Å². The van der Waals surface area contributed by atoms with Crippen LogP contribution in [0.4, 0.5) is 5.69 Å². The van der Waals surface area contributed by atoms with Crippen molar-refractivity contribution < 1.29 is 4.79 Å². The van der Waals surface area contributed by atoms with E-state index in [0.29, 0.717) is 13.0 Å². The molecule has 0 radical (unpaired) electrons. The third-order valence-corrected chi connectivity index (χ3v) is 3.65. The lowest BCUT2D eigenvalue weighted by Gasteiger charge is -2.22. The highest BCUT2D eigenvalue weighted by Gasteiger charge is 2.17. The number of para-hydroxylation sites is 1. The number of aromatic nitrogens is 2. The molecule has 0 saturated carbocycles. The van der Waals surface area contributed by atoms with E-state index in [-0.39, 0.29) is 5.91 Å². The summed E-state index contributed by atoms with van der Waals surface area (Å²) in [7, 11) is 0. The number of benzene rings is 1. The predicted molar refractivity (Wildman–Crippen MR) is 87.7 cm³/mol. The van der Waals surface area contributed by atoms with Crippen LogP contribution in [0.3, 0.4) is 0 Å². The normalized spacial score (nSPS) is 10.8. The van der Waals surface area contributed by atoms with Crippen molar-refractivity contribution >= 4 is 17.2 Å². The SMILES string of the molecule is CCCC(=O)N(Cc1cnc2ccccn12)c1ccccc1. The maximum Gasteiger partial charge on any atom is 0.227 e. The minimum atomic E-state index is 0.139. The van der Waals surface area contributed by atoms with Crippen molar-refractivity contribution in [1.82, 2.24) is 9.38 Å². The first-order valence-corrected chi connectivity index (χ1v) is 7.56. The van der Waals surface area contributed by atoms with Crippen LogP contribution in [0, 0.1) is 0 Å². The molecule has 0 aliphatic heterocycles. The molecule has 0 atom stereocenters. The molecule has 0 saturated heterocycles. The lowest BCUT2D eigenvalue weighted by molar-refractivity contribution is -0.118. The number of imidazole rings is 1. The predicted octanol–water partition coefficient (Wildman–Crippen LogP) is 3.67. The van der Waals surface area contributed by atoms with Gasteiger partial charge in [0.05, 0.1) is 18.4 Å². The first kappa shape index (κ1) is 14.3. The molecule has 3 rings (SSSR count). The van der Waals surface area contributed by atoms with Gasteiger partial charge in [-0.3, -0.25) is 4.79 Å². The summed E-state index contributed by atoms with van der Waals surface area (Å²) in [4.78, 5) is 18.7. The number of carbonyl (C=O) groups excluding carboxylic acids is 1. The lowest BCUT2D eigenvalue weighted by Crippen LogP contribution is -2.30. The molecule has 0 aliphatic carbocycles. The third kappa shape index (κ3) is 2.86. The molecule has 22 heavy (non-hydrogen) atoms. The highest BCUT2D eigenvalue weighted by Crippen LogP contribution is 2.19. The molecule has 0 bridgehead atoms. The van der Waals surface area contributed by atoms with Gasteiger partial charge < -0.3 is 9.30 Å². The highest BCUT2D eigenvalue weighted by molar-refractivity contribution is 5.93. The summed E-state index contributed by atoms with van der Waals surface area (Å²) < 4.78 is 2.02. The number of hydrogen-bond acceptors (Lipinski definition) is 2. The summed E-state index contributed by atoms with van der Waals surface area (Å²) in [5.74, 6) is 0.139. The zero-order valence-corrected chi connectivity index (χ0v) is 12.6. The van der Waals surface area contributed by atoms with Crippen molar-refractivity contribution in [3.05, 3.63) is 66.6 Å². The van der Waals surface area contributed by atoms with Crippen molar-refractivity contribution in [3.63, 3.8) is 0 Å². The van der Waals surface area contributed by atoms with Gasteiger partial charge in [-0.05, 0) is 30.7 Å². The second-order valence-corrected chi connectivity index (χ2v) is 5.24. The van der Waals surface area contributed by atoms with Gasteiger partial charge >= 0.3 is 0 Å². The molecule has 4 heteroatoms. The van der Waals surface area contributed by atoms with Crippen molar-refractivity contribution in [2.24, 2.45) is 0 Å². The molecule has 0 aliphatic rings. The molecule has 1 aromatic carbocycles. The van der Waals surface area contributed by atoms with Gasteiger partial charge in [0, 0.05) is 18.3 Å². The third-order valence-electron chi connectivity index (χ3n) is 3.65. The van der Waals surface area contributed by atoms with Crippen LogP contribution >= 0.6 is 0 Å². The molecule has 2 aromatic heterocycles.